The predicted molar refractivity (Wildman–Crippen MR) is 109 cm³/mol. The monoisotopic (exact) mass is 350 g/mol. The molecule has 0 aliphatic rings. The van der Waals surface area contributed by atoms with Crippen LogP contribution in [0.2, 0.25) is 0 Å². The van der Waals surface area contributed by atoms with Crippen LogP contribution < -0.4 is 15.9 Å². The highest BCUT2D eigenvalue weighted by molar-refractivity contribution is 5.96. The molecule has 2 N–H and O–H groups in total. The molecule has 0 radical (unpaired) electrons. The molecule has 0 saturated carbocycles. The van der Waals surface area contributed by atoms with E-state index in [1.54, 1.807) is 0 Å². The maximum absolute atomic E-state index is 13.2. The van der Waals surface area contributed by atoms with Gasteiger partial charge < -0.3 is 15.0 Å². The van der Waals surface area contributed by atoms with Crippen LogP contribution in [0.15, 0.2) is 47.3 Å². The van der Waals surface area contributed by atoms with E-state index >= 15 is 0 Å². The van der Waals surface area contributed by atoms with E-state index in [0.717, 1.165) is 23.3 Å². The Morgan fingerprint density at radius 2 is 1.81 bits per heavy atom. The molecule has 0 unspecified atom stereocenters. The Balaban J connectivity index is 2.30. The van der Waals surface area contributed by atoms with Gasteiger partial charge in [0.05, 0.1) is 28.9 Å². The van der Waals surface area contributed by atoms with E-state index in [1.165, 1.54) is 0 Å². The highest BCUT2D eigenvalue weighted by atomic mass is 16.5. The minimum absolute atomic E-state index is 0.0314. The van der Waals surface area contributed by atoms with E-state index < -0.39 is 0 Å². The minimum atomic E-state index is -0.0314. The van der Waals surface area contributed by atoms with Gasteiger partial charge in [-0.3, -0.25) is 4.79 Å². The van der Waals surface area contributed by atoms with Crippen molar-refractivity contribution in [1.82, 2.24) is 4.57 Å². The number of ether oxygens (including phenoxy) is 1. The van der Waals surface area contributed by atoms with E-state index in [-0.39, 0.29) is 5.43 Å². The van der Waals surface area contributed by atoms with Crippen LogP contribution in [-0.4, -0.2) is 11.2 Å². The zero-order chi connectivity index (χ0) is 18.8. The molecule has 4 heteroatoms. The summed E-state index contributed by atoms with van der Waals surface area (Å²) in [5.74, 6) is 0.970. The number of pyridine rings is 1. The topological polar surface area (TPSA) is 57.2 Å². The van der Waals surface area contributed by atoms with Gasteiger partial charge >= 0.3 is 0 Å². The lowest BCUT2D eigenvalue weighted by molar-refractivity contribution is 0.272. The fourth-order valence-electron chi connectivity index (χ4n) is 3.35. The summed E-state index contributed by atoms with van der Waals surface area (Å²) in [6, 6.07) is 13.8. The third-order valence-corrected chi connectivity index (χ3v) is 4.60. The van der Waals surface area contributed by atoms with Crippen LogP contribution in [0.3, 0.4) is 0 Å². The fourth-order valence-corrected chi connectivity index (χ4v) is 3.35. The molecule has 3 aromatic rings. The van der Waals surface area contributed by atoms with Gasteiger partial charge in [0, 0.05) is 12.1 Å². The van der Waals surface area contributed by atoms with Crippen molar-refractivity contribution < 1.29 is 4.74 Å². The van der Waals surface area contributed by atoms with Gasteiger partial charge in [-0.1, -0.05) is 44.2 Å². The molecular weight excluding hydrogens is 324 g/mol. The van der Waals surface area contributed by atoms with Gasteiger partial charge in [-0.2, -0.15) is 0 Å². The van der Waals surface area contributed by atoms with Crippen molar-refractivity contribution in [3.63, 3.8) is 0 Å². The average Bonchev–Trinajstić information content (AvgIpc) is 2.64. The number of aryl methyl sites for hydroxylation is 1. The van der Waals surface area contributed by atoms with Gasteiger partial charge in [0.15, 0.2) is 5.43 Å². The molecular formula is C22H26N2O2. The number of fused-ring (bicyclic) bond motifs is 1. The molecule has 0 spiro atoms. The quantitative estimate of drug-likeness (QED) is 0.683. The van der Waals surface area contributed by atoms with Crippen molar-refractivity contribution in [3.8, 4) is 17.0 Å². The molecule has 0 atom stereocenters. The first-order valence-electron chi connectivity index (χ1n) is 9.09. The number of nitrogens with zero attached hydrogens (tertiary/aromatic N) is 1. The van der Waals surface area contributed by atoms with E-state index in [1.807, 2.05) is 49.4 Å². The lowest BCUT2D eigenvalue weighted by Gasteiger charge is -2.20. The van der Waals surface area contributed by atoms with Crippen LogP contribution in [0.1, 0.15) is 26.3 Å². The molecule has 3 rings (SSSR count). The summed E-state index contributed by atoms with van der Waals surface area (Å²) < 4.78 is 7.97. The maximum Gasteiger partial charge on any atom is 0.195 e. The van der Waals surface area contributed by atoms with E-state index in [4.69, 9.17) is 10.5 Å². The number of nitrogen functional groups attached to an aromatic ring is 1. The zero-order valence-electron chi connectivity index (χ0n) is 15.9. The number of aromatic nitrogens is 1. The second kappa shape index (κ2) is 7.24. The van der Waals surface area contributed by atoms with E-state index in [9.17, 15) is 4.79 Å². The first-order chi connectivity index (χ1) is 12.5. The van der Waals surface area contributed by atoms with Crippen molar-refractivity contribution in [2.45, 2.75) is 34.2 Å². The molecule has 0 amide bonds. The van der Waals surface area contributed by atoms with Crippen molar-refractivity contribution >= 4 is 16.6 Å². The SMILES string of the molecule is CCn1c(-c2ccccc2)c(C)c(=O)c2c(N)c(OCC(C)C)ccc21. The molecule has 1 heterocycles. The van der Waals surface area contributed by atoms with Gasteiger partial charge in [-0.25, -0.2) is 0 Å². The van der Waals surface area contributed by atoms with Crippen molar-refractivity contribution in [3.05, 3.63) is 58.3 Å². The summed E-state index contributed by atoms with van der Waals surface area (Å²) >= 11 is 0. The van der Waals surface area contributed by atoms with Crippen LogP contribution in [0, 0.1) is 12.8 Å². The van der Waals surface area contributed by atoms with Gasteiger partial charge in [-0.15, -0.1) is 0 Å². The summed E-state index contributed by atoms with van der Waals surface area (Å²) in [5.41, 5.74) is 10.3. The Hall–Kier alpha value is -2.75. The number of rotatable bonds is 5. The fraction of sp³-hybridized carbons (Fsp3) is 0.318. The van der Waals surface area contributed by atoms with Crippen LogP contribution >= 0.6 is 0 Å². The van der Waals surface area contributed by atoms with Crippen molar-refractivity contribution in [2.24, 2.45) is 5.92 Å². The Labute approximate surface area is 154 Å². The zero-order valence-corrected chi connectivity index (χ0v) is 15.9. The van der Waals surface area contributed by atoms with Gasteiger partial charge in [-0.05, 0) is 37.5 Å². The van der Waals surface area contributed by atoms with Gasteiger partial charge in [0.2, 0.25) is 0 Å². The highest BCUT2D eigenvalue weighted by Crippen LogP contribution is 2.33. The van der Waals surface area contributed by atoms with Crippen LogP contribution in [-0.2, 0) is 6.54 Å². The maximum atomic E-state index is 13.2. The number of benzene rings is 2. The second-order valence-corrected chi connectivity index (χ2v) is 6.99. The number of anilines is 1. The largest absolute Gasteiger partial charge is 0.491 e. The van der Waals surface area contributed by atoms with Gasteiger partial charge in [0.25, 0.3) is 0 Å². The molecule has 2 aromatic carbocycles. The highest BCUT2D eigenvalue weighted by Gasteiger charge is 2.18. The second-order valence-electron chi connectivity index (χ2n) is 6.99. The Morgan fingerprint density at radius 1 is 1.12 bits per heavy atom. The van der Waals surface area contributed by atoms with Crippen LogP contribution in [0.25, 0.3) is 22.2 Å². The summed E-state index contributed by atoms with van der Waals surface area (Å²) in [6.07, 6.45) is 0. The Morgan fingerprint density at radius 3 is 2.42 bits per heavy atom. The first kappa shape index (κ1) is 18.1. The van der Waals surface area contributed by atoms with Crippen molar-refractivity contribution in [2.75, 3.05) is 12.3 Å². The standard InChI is InChI=1S/C22H26N2O2/c1-5-24-17-11-12-18(26-13-14(2)3)20(23)19(17)22(25)15(4)21(24)16-9-7-6-8-10-16/h6-12,14H,5,13,23H2,1-4H3. The first-order valence-corrected chi connectivity index (χ1v) is 9.09. The van der Waals surface area contributed by atoms with Crippen molar-refractivity contribution in [1.29, 1.82) is 0 Å². The smallest absolute Gasteiger partial charge is 0.195 e. The molecule has 0 saturated heterocycles. The van der Waals surface area contributed by atoms with Crippen LogP contribution in [0.5, 0.6) is 5.75 Å². The number of hydrogen-bond acceptors (Lipinski definition) is 3. The van der Waals surface area contributed by atoms with E-state index in [2.05, 4.69) is 25.3 Å². The Kier molecular flexibility index (Phi) is 5.03. The predicted octanol–water partition coefficient (Wildman–Crippen LogP) is 4.61. The molecule has 0 fully saturated rings. The van der Waals surface area contributed by atoms with Gasteiger partial charge in [0.1, 0.15) is 5.75 Å². The molecule has 26 heavy (non-hydrogen) atoms. The molecule has 1 aromatic heterocycles. The summed E-state index contributed by atoms with van der Waals surface area (Å²) in [6.45, 7) is 9.42. The third kappa shape index (κ3) is 3.07. The normalized spacial score (nSPS) is 11.3. The van der Waals surface area contributed by atoms with E-state index in [0.29, 0.717) is 34.9 Å². The number of hydrogen-bond donors (Lipinski definition) is 1. The summed E-state index contributed by atoms with van der Waals surface area (Å²) in [7, 11) is 0. The summed E-state index contributed by atoms with van der Waals surface area (Å²) in [4.78, 5) is 13.2. The molecule has 4 nitrogen and oxygen atoms in total. The Bertz CT molecular complexity index is 989. The third-order valence-electron chi connectivity index (χ3n) is 4.60. The lowest BCUT2D eigenvalue weighted by atomic mass is 10.0. The molecule has 0 aliphatic heterocycles. The lowest BCUT2D eigenvalue weighted by Crippen LogP contribution is -2.18. The van der Waals surface area contributed by atoms with Crippen LogP contribution in [0.4, 0.5) is 5.69 Å². The number of nitrogens with two attached hydrogens (primary N) is 1. The summed E-state index contributed by atoms with van der Waals surface area (Å²) in [5, 5.41) is 0.547. The minimum Gasteiger partial charge on any atom is -0.491 e. The average molecular weight is 350 g/mol. The molecule has 0 bridgehead atoms. The molecule has 0 aliphatic carbocycles. The molecule has 136 valence electrons.